The highest BCUT2D eigenvalue weighted by Crippen LogP contribution is 2.52. The Kier molecular flexibility index (Phi) is 3.60. The third-order valence-corrected chi connectivity index (χ3v) is 5.59. The third kappa shape index (κ3) is 2.16. The van der Waals surface area contributed by atoms with Crippen LogP contribution in [-0.2, 0) is 9.59 Å². The number of hydrogen-bond acceptors (Lipinski definition) is 4. The van der Waals surface area contributed by atoms with Crippen molar-refractivity contribution in [3.63, 3.8) is 0 Å². The van der Waals surface area contributed by atoms with E-state index < -0.39 is 11.5 Å². The van der Waals surface area contributed by atoms with Gasteiger partial charge in [-0.2, -0.15) is 0 Å². The maximum absolute atomic E-state index is 12.6. The molecule has 1 fully saturated rings. The van der Waals surface area contributed by atoms with Crippen molar-refractivity contribution in [2.45, 2.75) is 24.3 Å². The molecular formula is C15H16N2O4S. The van der Waals surface area contributed by atoms with Gasteiger partial charge in [0.25, 0.3) is 5.91 Å². The molecule has 0 unspecified atom stereocenters. The van der Waals surface area contributed by atoms with Crippen LogP contribution in [0.2, 0.25) is 0 Å². The zero-order chi connectivity index (χ0) is 15.9. The summed E-state index contributed by atoms with van der Waals surface area (Å²) in [5.41, 5.74) is 0.632. The zero-order valence-electron chi connectivity index (χ0n) is 12.0. The first-order chi connectivity index (χ1) is 10.4. The van der Waals surface area contributed by atoms with E-state index in [1.54, 1.807) is 29.7 Å². The fraction of sp³-hybridized carbons (Fsp3) is 0.400. The summed E-state index contributed by atoms with van der Waals surface area (Å²) in [6.07, 6.45) is -0.132. The molecule has 6 nitrogen and oxygen atoms in total. The second-order valence-electron chi connectivity index (χ2n) is 5.60. The summed E-state index contributed by atoms with van der Waals surface area (Å²) < 4.78 is 0. The van der Waals surface area contributed by atoms with Gasteiger partial charge >= 0.3 is 5.97 Å². The van der Waals surface area contributed by atoms with Crippen LogP contribution in [0.3, 0.4) is 0 Å². The summed E-state index contributed by atoms with van der Waals surface area (Å²) in [6.45, 7) is 1.80. The van der Waals surface area contributed by atoms with Crippen LogP contribution in [0.4, 0.5) is 0 Å². The molecule has 2 heterocycles. The lowest BCUT2D eigenvalue weighted by Gasteiger charge is -2.32. The number of carboxylic acid groups (broad SMARTS) is 1. The van der Waals surface area contributed by atoms with Gasteiger partial charge in [-0.25, -0.2) is 0 Å². The van der Waals surface area contributed by atoms with Crippen molar-refractivity contribution in [2.75, 3.05) is 12.3 Å². The van der Waals surface area contributed by atoms with Crippen molar-refractivity contribution in [3.05, 3.63) is 35.4 Å². The van der Waals surface area contributed by atoms with E-state index in [0.717, 1.165) is 5.56 Å². The van der Waals surface area contributed by atoms with E-state index in [4.69, 9.17) is 5.11 Å². The molecule has 1 aromatic rings. The Labute approximate surface area is 131 Å². The Morgan fingerprint density at radius 1 is 1.45 bits per heavy atom. The fourth-order valence-corrected chi connectivity index (χ4v) is 4.50. The minimum Gasteiger partial charge on any atom is -0.481 e. The molecule has 0 aromatic heterocycles. The van der Waals surface area contributed by atoms with E-state index in [-0.39, 0.29) is 30.2 Å². The summed E-state index contributed by atoms with van der Waals surface area (Å²) in [7, 11) is 0. The van der Waals surface area contributed by atoms with Gasteiger partial charge < -0.3 is 15.3 Å². The minimum atomic E-state index is -0.964. The second kappa shape index (κ2) is 5.31. The number of fused-ring (bicyclic) bond motifs is 3. The van der Waals surface area contributed by atoms with Crippen LogP contribution in [0.15, 0.2) is 24.3 Å². The monoisotopic (exact) mass is 320 g/mol. The van der Waals surface area contributed by atoms with Crippen LogP contribution in [0.5, 0.6) is 0 Å². The quantitative estimate of drug-likeness (QED) is 0.871. The summed E-state index contributed by atoms with van der Waals surface area (Å²) in [5.74, 6) is -0.906. The molecule has 22 heavy (non-hydrogen) atoms. The van der Waals surface area contributed by atoms with Crippen LogP contribution in [-0.4, -0.2) is 45.6 Å². The first-order valence-corrected chi connectivity index (χ1v) is 8.04. The highest BCUT2D eigenvalue weighted by molar-refractivity contribution is 7.99. The Bertz CT molecular complexity index is 663. The topological polar surface area (TPSA) is 86.7 Å². The molecular weight excluding hydrogens is 304 g/mol. The van der Waals surface area contributed by atoms with Gasteiger partial charge in [-0.15, -0.1) is 11.8 Å². The SMILES string of the molecule is C[C@@]1(C(=O)NCCC(=O)O)CS[C@H]2c3ccccc3C(=O)N21. The van der Waals surface area contributed by atoms with E-state index in [2.05, 4.69) is 5.32 Å². The molecule has 1 aromatic carbocycles. The van der Waals surface area contributed by atoms with Crippen LogP contribution in [0.25, 0.3) is 0 Å². The van der Waals surface area contributed by atoms with Gasteiger partial charge in [0, 0.05) is 17.9 Å². The lowest BCUT2D eigenvalue weighted by Crippen LogP contribution is -2.56. The summed E-state index contributed by atoms with van der Waals surface area (Å²) in [6, 6.07) is 7.39. The minimum absolute atomic E-state index is 0.0636. The molecule has 2 amide bonds. The van der Waals surface area contributed by atoms with Crippen LogP contribution in [0.1, 0.15) is 34.6 Å². The Hall–Kier alpha value is -2.02. The lowest BCUT2D eigenvalue weighted by molar-refractivity contribution is -0.137. The Balaban J connectivity index is 1.81. The van der Waals surface area contributed by atoms with Gasteiger partial charge in [-0.3, -0.25) is 14.4 Å². The number of hydrogen-bond donors (Lipinski definition) is 2. The second-order valence-corrected chi connectivity index (χ2v) is 6.67. The fourth-order valence-electron chi connectivity index (χ4n) is 2.89. The molecule has 3 rings (SSSR count). The van der Waals surface area contributed by atoms with Crippen LogP contribution >= 0.6 is 11.8 Å². The van der Waals surface area contributed by atoms with Crippen LogP contribution < -0.4 is 5.32 Å². The van der Waals surface area contributed by atoms with Gasteiger partial charge in [0.15, 0.2) is 0 Å². The lowest BCUT2D eigenvalue weighted by atomic mass is 10.0. The van der Waals surface area contributed by atoms with Gasteiger partial charge in [0.2, 0.25) is 5.91 Å². The molecule has 2 aliphatic rings. The number of carbonyl (C=O) groups is 3. The molecule has 7 heteroatoms. The molecule has 0 radical (unpaired) electrons. The van der Waals surface area contributed by atoms with Gasteiger partial charge in [0.05, 0.1) is 6.42 Å². The van der Waals surface area contributed by atoms with Crippen molar-refractivity contribution in [1.29, 1.82) is 0 Å². The van der Waals surface area contributed by atoms with Crippen molar-refractivity contribution in [3.8, 4) is 0 Å². The highest BCUT2D eigenvalue weighted by Gasteiger charge is 2.55. The number of nitrogens with one attached hydrogen (secondary N) is 1. The van der Waals surface area contributed by atoms with Crippen LogP contribution in [0, 0.1) is 0 Å². The number of aliphatic carboxylic acids is 1. The van der Waals surface area contributed by atoms with Crippen molar-refractivity contribution in [1.82, 2.24) is 10.2 Å². The first kappa shape index (κ1) is 14.9. The van der Waals surface area contributed by atoms with E-state index >= 15 is 0 Å². The summed E-state index contributed by atoms with van der Waals surface area (Å²) >= 11 is 1.56. The largest absolute Gasteiger partial charge is 0.481 e. The first-order valence-electron chi connectivity index (χ1n) is 6.99. The molecule has 116 valence electrons. The standard InChI is InChI=1S/C15H16N2O4S/c1-15(14(21)16-7-6-11(18)19)8-22-13-10-5-3-2-4-9(10)12(20)17(13)15/h2-5,13H,6-8H2,1H3,(H,16,21)(H,18,19)/t13-,15-/m0/s1. The number of rotatable bonds is 4. The van der Waals surface area contributed by atoms with Gasteiger partial charge in [-0.05, 0) is 18.6 Å². The molecule has 0 bridgehead atoms. The number of carboxylic acids is 1. The Morgan fingerprint density at radius 3 is 2.91 bits per heavy atom. The molecule has 2 N–H and O–H groups in total. The van der Waals surface area contributed by atoms with E-state index in [1.165, 1.54) is 0 Å². The highest BCUT2D eigenvalue weighted by atomic mass is 32.2. The van der Waals surface area contributed by atoms with Gasteiger partial charge in [0.1, 0.15) is 10.9 Å². The summed E-state index contributed by atoms with van der Waals surface area (Å²) in [5, 5.41) is 11.1. The molecule has 0 aliphatic carbocycles. The predicted octanol–water partition coefficient (Wildman–Crippen LogP) is 1.24. The average Bonchev–Trinajstić information content (AvgIpc) is 2.98. The third-order valence-electron chi connectivity index (χ3n) is 4.08. The smallest absolute Gasteiger partial charge is 0.305 e. The molecule has 2 aliphatic heterocycles. The molecule has 0 spiro atoms. The Morgan fingerprint density at radius 2 is 2.18 bits per heavy atom. The van der Waals surface area contributed by atoms with Crippen molar-refractivity contribution < 1.29 is 19.5 Å². The van der Waals surface area contributed by atoms with E-state index in [1.807, 2.05) is 18.2 Å². The van der Waals surface area contributed by atoms with E-state index in [0.29, 0.717) is 11.3 Å². The van der Waals surface area contributed by atoms with Crippen molar-refractivity contribution >= 4 is 29.5 Å². The average molecular weight is 320 g/mol. The molecule has 0 saturated carbocycles. The normalized spacial score (nSPS) is 25.8. The molecule has 1 saturated heterocycles. The number of carbonyl (C=O) groups excluding carboxylic acids is 2. The number of thioether (sulfide) groups is 1. The van der Waals surface area contributed by atoms with E-state index in [9.17, 15) is 14.4 Å². The number of nitrogens with zero attached hydrogens (tertiary/aromatic N) is 1. The number of amides is 2. The van der Waals surface area contributed by atoms with Gasteiger partial charge in [-0.1, -0.05) is 18.2 Å². The molecule has 2 atom stereocenters. The number of benzene rings is 1. The predicted molar refractivity (Wildman–Crippen MR) is 81.5 cm³/mol. The maximum atomic E-state index is 12.6. The zero-order valence-corrected chi connectivity index (χ0v) is 12.9. The summed E-state index contributed by atoms with van der Waals surface area (Å²) in [4.78, 5) is 37.3. The van der Waals surface area contributed by atoms with Crippen molar-refractivity contribution in [2.24, 2.45) is 0 Å². The maximum Gasteiger partial charge on any atom is 0.305 e.